The molecule has 1 N–H and O–H groups in total. The van der Waals surface area contributed by atoms with Gasteiger partial charge in [0.1, 0.15) is 0 Å². The predicted molar refractivity (Wildman–Crippen MR) is 76.2 cm³/mol. The SMILES string of the molecule is O=C1C=C2CCN(C(=O)c3ccccc3)CC2CCN1. The number of carbonyl (C=O) groups excluding carboxylic acids is 2. The van der Waals surface area contributed by atoms with Crippen LogP contribution in [0.15, 0.2) is 42.0 Å². The summed E-state index contributed by atoms with van der Waals surface area (Å²) in [7, 11) is 0. The van der Waals surface area contributed by atoms with Crippen molar-refractivity contribution in [3.05, 3.63) is 47.5 Å². The number of hydrogen-bond donors (Lipinski definition) is 1. The van der Waals surface area contributed by atoms with Gasteiger partial charge in [0.25, 0.3) is 5.91 Å². The van der Waals surface area contributed by atoms with E-state index in [1.54, 1.807) is 6.08 Å². The van der Waals surface area contributed by atoms with Gasteiger partial charge in [-0.15, -0.1) is 0 Å². The van der Waals surface area contributed by atoms with Crippen molar-refractivity contribution in [1.82, 2.24) is 10.2 Å². The fourth-order valence-corrected chi connectivity index (χ4v) is 2.95. The van der Waals surface area contributed by atoms with E-state index in [0.29, 0.717) is 25.6 Å². The van der Waals surface area contributed by atoms with Gasteiger partial charge in [-0.25, -0.2) is 0 Å². The minimum Gasteiger partial charge on any atom is -0.353 e. The molecular weight excluding hydrogens is 252 g/mol. The van der Waals surface area contributed by atoms with Gasteiger partial charge in [-0.1, -0.05) is 23.8 Å². The number of benzene rings is 1. The number of nitrogens with one attached hydrogen (secondary N) is 1. The first kappa shape index (κ1) is 12.9. The minimum atomic E-state index is 0.00494. The van der Waals surface area contributed by atoms with Crippen LogP contribution in [0.25, 0.3) is 0 Å². The summed E-state index contributed by atoms with van der Waals surface area (Å²) in [4.78, 5) is 25.9. The Morgan fingerprint density at radius 2 is 2.05 bits per heavy atom. The largest absolute Gasteiger partial charge is 0.353 e. The van der Waals surface area contributed by atoms with Crippen LogP contribution in [0.4, 0.5) is 0 Å². The molecule has 2 heterocycles. The summed E-state index contributed by atoms with van der Waals surface area (Å²) in [5.41, 5.74) is 1.93. The highest BCUT2D eigenvalue weighted by molar-refractivity contribution is 5.94. The van der Waals surface area contributed by atoms with E-state index < -0.39 is 0 Å². The molecule has 1 aromatic carbocycles. The number of amides is 2. The van der Waals surface area contributed by atoms with Crippen molar-refractivity contribution in [2.45, 2.75) is 12.8 Å². The van der Waals surface area contributed by atoms with Crippen molar-refractivity contribution in [2.75, 3.05) is 19.6 Å². The van der Waals surface area contributed by atoms with Crippen LogP contribution in [-0.4, -0.2) is 36.3 Å². The topological polar surface area (TPSA) is 49.4 Å². The first-order valence-electron chi connectivity index (χ1n) is 7.06. The molecule has 0 radical (unpaired) electrons. The molecule has 3 rings (SSSR count). The number of hydrogen-bond acceptors (Lipinski definition) is 2. The lowest BCUT2D eigenvalue weighted by Gasteiger charge is -2.34. The van der Waals surface area contributed by atoms with Gasteiger partial charge in [0.15, 0.2) is 0 Å². The van der Waals surface area contributed by atoms with Crippen molar-refractivity contribution in [2.24, 2.45) is 5.92 Å². The predicted octanol–water partition coefficient (Wildman–Crippen LogP) is 1.59. The Morgan fingerprint density at radius 1 is 1.25 bits per heavy atom. The third-order valence-corrected chi connectivity index (χ3v) is 4.05. The number of piperidine rings is 1. The van der Waals surface area contributed by atoms with Gasteiger partial charge in [0.2, 0.25) is 5.91 Å². The van der Waals surface area contributed by atoms with Crippen LogP contribution in [0.3, 0.4) is 0 Å². The molecule has 4 nitrogen and oxygen atoms in total. The third-order valence-electron chi connectivity index (χ3n) is 4.05. The monoisotopic (exact) mass is 270 g/mol. The lowest BCUT2D eigenvalue weighted by molar-refractivity contribution is -0.116. The first-order chi connectivity index (χ1) is 9.74. The zero-order chi connectivity index (χ0) is 13.9. The molecule has 1 aromatic rings. The maximum atomic E-state index is 12.4. The van der Waals surface area contributed by atoms with E-state index in [9.17, 15) is 9.59 Å². The fraction of sp³-hybridized carbons (Fsp3) is 0.375. The summed E-state index contributed by atoms with van der Waals surface area (Å²) in [5, 5.41) is 2.86. The molecule has 0 aliphatic carbocycles. The van der Waals surface area contributed by atoms with E-state index in [1.807, 2.05) is 35.2 Å². The molecule has 2 aliphatic rings. The third kappa shape index (κ3) is 2.59. The lowest BCUT2D eigenvalue weighted by Crippen LogP contribution is -2.41. The number of fused-ring (bicyclic) bond motifs is 1. The molecule has 1 atom stereocenters. The minimum absolute atomic E-state index is 0.00494. The zero-order valence-electron chi connectivity index (χ0n) is 11.3. The van der Waals surface area contributed by atoms with Gasteiger partial charge in [0.05, 0.1) is 0 Å². The number of nitrogens with zero attached hydrogens (tertiary/aromatic N) is 1. The van der Waals surface area contributed by atoms with E-state index in [-0.39, 0.29) is 11.8 Å². The smallest absolute Gasteiger partial charge is 0.253 e. The maximum absolute atomic E-state index is 12.4. The van der Waals surface area contributed by atoms with Crippen LogP contribution in [0, 0.1) is 5.92 Å². The van der Waals surface area contributed by atoms with E-state index in [4.69, 9.17) is 0 Å². The van der Waals surface area contributed by atoms with Gasteiger partial charge in [-0.05, 0) is 30.9 Å². The van der Waals surface area contributed by atoms with E-state index >= 15 is 0 Å². The van der Waals surface area contributed by atoms with Crippen molar-refractivity contribution < 1.29 is 9.59 Å². The Labute approximate surface area is 118 Å². The van der Waals surface area contributed by atoms with E-state index in [0.717, 1.165) is 18.4 Å². The Hall–Kier alpha value is -2.10. The second-order valence-corrected chi connectivity index (χ2v) is 5.36. The summed E-state index contributed by atoms with van der Waals surface area (Å²) in [6.07, 6.45) is 3.44. The Bertz CT molecular complexity index is 551. The molecule has 2 aliphatic heterocycles. The molecule has 20 heavy (non-hydrogen) atoms. The van der Waals surface area contributed by atoms with E-state index in [1.165, 1.54) is 5.57 Å². The fourth-order valence-electron chi connectivity index (χ4n) is 2.95. The summed E-state index contributed by atoms with van der Waals surface area (Å²) >= 11 is 0. The highest BCUT2D eigenvalue weighted by atomic mass is 16.2. The van der Waals surface area contributed by atoms with Gasteiger partial charge >= 0.3 is 0 Å². The Balaban J connectivity index is 1.74. The van der Waals surface area contributed by atoms with Crippen LogP contribution in [0.5, 0.6) is 0 Å². The number of likely N-dealkylation sites (tertiary alicyclic amines) is 1. The molecule has 104 valence electrons. The molecule has 1 fully saturated rings. The van der Waals surface area contributed by atoms with Gasteiger partial charge < -0.3 is 10.2 Å². The molecule has 0 aromatic heterocycles. The van der Waals surface area contributed by atoms with E-state index in [2.05, 4.69) is 5.32 Å². The molecule has 1 saturated heterocycles. The summed E-state index contributed by atoms with van der Waals surface area (Å²) in [6, 6.07) is 9.39. The Kier molecular flexibility index (Phi) is 3.54. The first-order valence-corrected chi connectivity index (χ1v) is 7.06. The number of carbonyl (C=O) groups is 2. The summed E-state index contributed by atoms with van der Waals surface area (Å²) in [6.45, 7) is 2.11. The van der Waals surface area contributed by atoms with Crippen LogP contribution >= 0.6 is 0 Å². The van der Waals surface area contributed by atoms with Crippen LogP contribution < -0.4 is 5.32 Å². The highest BCUT2D eigenvalue weighted by Crippen LogP contribution is 2.27. The van der Waals surface area contributed by atoms with Crippen molar-refractivity contribution in [3.63, 3.8) is 0 Å². The molecule has 0 saturated carbocycles. The van der Waals surface area contributed by atoms with Gasteiger partial charge in [-0.2, -0.15) is 0 Å². The highest BCUT2D eigenvalue weighted by Gasteiger charge is 2.29. The van der Waals surface area contributed by atoms with Crippen molar-refractivity contribution >= 4 is 11.8 Å². The Morgan fingerprint density at radius 3 is 2.85 bits per heavy atom. The normalized spacial score (nSPS) is 22.4. The maximum Gasteiger partial charge on any atom is 0.253 e. The van der Waals surface area contributed by atoms with Gasteiger partial charge in [0, 0.05) is 31.3 Å². The number of rotatable bonds is 1. The summed E-state index contributed by atoms with van der Waals surface area (Å²) in [5.74, 6) is 0.411. The summed E-state index contributed by atoms with van der Waals surface area (Å²) < 4.78 is 0. The molecule has 0 bridgehead atoms. The molecular formula is C16H18N2O2. The molecule has 4 heteroatoms. The lowest BCUT2D eigenvalue weighted by atomic mass is 9.89. The molecule has 2 amide bonds. The molecule has 0 spiro atoms. The molecule has 1 unspecified atom stereocenters. The second kappa shape index (κ2) is 5.49. The van der Waals surface area contributed by atoms with Crippen molar-refractivity contribution in [3.8, 4) is 0 Å². The average molecular weight is 270 g/mol. The van der Waals surface area contributed by atoms with Crippen molar-refractivity contribution in [1.29, 1.82) is 0 Å². The van der Waals surface area contributed by atoms with Crippen LogP contribution in [0.2, 0.25) is 0 Å². The van der Waals surface area contributed by atoms with Gasteiger partial charge in [-0.3, -0.25) is 9.59 Å². The average Bonchev–Trinajstić information content (AvgIpc) is 2.67. The quantitative estimate of drug-likeness (QED) is 0.842. The van der Waals surface area contributed by atoms with Crippen LogP contribution in [-0.2, 0) is 4.79 Å². The van der Waals surface area contributed by atoms with Crippen LogP contribution in [0.1, 0.15) is 23.2 Å². The second-order valence-electron chi connectivity index (χ2n) is 5.36. The zero-order valence-corrected chi connectivity index (χ0v) is 11.3. The standard InChI is InChI=1S/C16H18N2O2/c19-15-10-13-7-9-18(11-14(13)6-8-17-15)16(20)12-4-2-1-3-5-12/h1-5,10,14H,6-9,11H2,(H,17,19).